The second-order valence-corrected chi connectivity index (χ2v) is 1.45. The van der Waals surface area contributed by atoms with Crippen LogP contribution in [0.4, 0.5) is 0 Å². The Hall–Kier alpha value is -1.30. The summed E-state index contributed by atoms with van der Waals surface area (Å²) in [5, 5.41) is 8.05. The van der Waals surface area contributed by atoms with E-state index in [1.807, 2.05) is 0 Å². The van der Waals surface area contributed by atoms with Crippen LogP contribution in [0.3, 0.4) is 0 Å². The maximum atomic E-state index is 10.5. The number of nitriles is 1. The van der Waals surface area contributed by atoms with Crippen molar-refractivity contribution < 1.29 is 9.53 Å². The van der Waals surface area contributed by atoms with Crippen molar-refractivity contribution in [3.05, 3.63) is 11.6 Å². The molecule has 0 fully saturated rings. The molecule has 0 aromatic carbocycles. The van der Waals surface area contributed by atoms with Gasteiger partial charge in [-0.05, 0) is 6.92 Å². The van der Waals surface area contributed by atoms with Crippen LogP contribution in [0.5, 0.6) is 0 Å². The van der Waals surface area contributed by atoms with E-state index < -0.39 is 5.97 Å². The van der Waals surface area contributed by atoms with Crippen LogP contribution < -0.4 is 0 Å². The Balaban J connectivity index is 4.07. The first-order chi connectivity index (χ1) is 4.22. The van der Waals surface area contributed by atoms with Crippen molar-refractivity contribution in [2.45, 2.75) is 6.92 Å². The number of carbonyl (C=O) groups excluding carboxylic acids is 1. The molecular formula is C6H7NO2. The van der Waals surface area contributed by atoms with Gasteiger partial charge in [-0.15, -0.1) is 0 Å². The number of hydrogen-bond donors (Lipinski definition) is 0. The summed E-state index contributed by atoms with van der Waals surface area (Å²) in [6, 6.07) is 1.72. The van der Waals surface area contributed by atoms with E-state index >= 15 is 0 Å². The maximum Gasteiger partial charge on any atom is 0.334 e. The highest BCUT2D eigenvalue weighted by Gasteiger charge is 1.99. The first-order valence-corrected chi connectivity index (χ1v) is 2.37. The Kier molecular flexibility index (Phi) is 3.14. The molecule has 0 amide bonds. The molecule has 0 saturated heterocycles. The zero-order chi connectivity index (χ0) is 7.28. The number of ether oxygens (including phenoxy) is 1. The van der Waals surface area contributed by atoms with Crippen molar-refractivity contribution in [2.24, 2.45) is 0 Å². The van der Waals surface area contributed by atoms with E-state index in [4.69, 9.17) is 5.26 Å². The minimum absolute atomic E-state index is 0.319. The Morgan fingerprint density at radius 1 is 1.78 bits per heavy atom. The van der Waals surface area contributed by atoms with Gasteiger partial charge in [-0.25, -0.2) is 4.79 Å². The quantitative estimate of drug-likeness (QED) is 0.293. The van der Waals surface area contributed by atoms with Crippen molar-refractivity contribution in [3.8, 4) is 6.07 Å². The van der Waals surface area contributed by atoms with E-state index in [2.05, 4.69) is 4.74 Å². The molecule has 0 aliphatic carbocycles. The van der Waals surface area contributed by atoms with Crippen LogP contribution in [0.1, 0.15) is 6.92 Å². The van der Waals surface area contributed by atoms with Crippen LogP contribution in [0.15, 0.2) is 11.6 Å². The third kappa shape index (κ3) is 2.50. The Labute approximate surface area is 53.5 Å². The van der Waals surface area contributed by atoms with Gasteiger partial charge < -0.3 is 4.74 Å². The predicted octanol–water partition coefficient (Wildman–Crippen LogP) is 0.629. The van der Waals surface area contributed by atoms with Crippen molar-refractivity contribution in [1.82, 2.24) is 0 Å². The first-order valence-electron chi connectivity index (χ1n) is 2.37. The lowest BCUT2D eigenvalue weighted by Crippen LogP contribution is -2.00. The van der Waals surface area contributed by atoms with E-state index in [9.17, 15) is 4.79 Å². The monoisotopic (exact) mass is 125 g/mol. The van der Waals surface area contributed by atoms with Crippen LogP contribution in [-0.2, 0) is 9.53 Å². The van der Waals surface area contributed by atoms with Gasteiger partial charge in [0.25, 0.3) is 0 Å². The number of carbonyl (C=O) groups is 1. The molecule has 0 aliphatic heterocycles. The molecule has 0 rings (SSSR count). The molecule has 0 unspecified atom stereocenters. The molecule has 0 spiro atoms. The average Bonchev–Trinajstić information content (AvgIpc) is 1.87. The number of nitrogens with zero attached hydrogens (tertiary/aromatic N) is 1. The lowest BCUT2D eigenvalue weighted by molar-refractivity contribution is -0.136. The van der Waals surface area contributed by atoms with Gasteiger partial charge in [0, 0.05) is 11.6 Å². The highest BCUT2D eigenvalue weighted by molar-refractivity contribution is 5.88. The summed E-state index contributed by atoms with van der Waals surface area (Å²) in [6.45, 7) is 1.52. The number of allylic oxidation sites excluding steroid dienone is 1. The predicted molar refractivity (Wildman–Crippen MR) is 31.4 cm³/mol. The molecule has 0 saturated carbocycles. The molecule has 0 bridgehead atoms. The summed E-state index contributed by atoms with van der Waals surface area (Å²) < 4.78 is 4.31. The summed E-state index contributed by atoms with van der Waals surface area (Å²) in [5.74, 6) is -0.462. The van der Waals surface area contributed by atoms with E-state index in [0.29, 0.717) is 5.57 Å². The summed E-state index contributed by atoms with van der Waals surface area (Å²) >= 11 is 0. The summed E-state index contributed by atoms with van der Waals surface area (Å²) in [4.78, 5) is 10.5. The van der Waals surface area contributed by atoms with Gasteiger partial charge in [0.05, 0.1) is 13.2 Å². The van der Waals surface area contributed by atoms with Crippen molar-refractivity contribution in [3.63, 3.8) is 0 Å². The van der Waals surface area contributed by atoms with Gasteiger partial charge in [-0.3, -0.25) is 0 Å². The topological polar surface area (TPSA) is 50.1 Å². The number of esters is 1. The molecule has 0 N–H and O–H groups in total. The normalized spacial score (nSPS) is 10.1. The summed E-state index contributed by atoms with van der Waals surface area (Å²) in [5.41, 5.74) is 0.319. The smallest absolute Gasteiger partial charge is 0.334 e. The Morgan fingerprint density at radius 2 is 2.33 bits per heavy atom. The summed E-state index contributed by atoms with van der Waals surface area (Å²) in [7, 11) is 1.27. The Morgan fingerprint density at radius 3 is 2.67 bits per heavy atom. The van der Waals surface area contributed by atoms with Gasteiger partial charge in [-0.2, -0.15) is 5.26 Å². The van der Waals surface area contributed by atoms with Crippen LogP contribution in [0, 0.1) is 11.3 Å². The molecule has 3 heteroatoms. The highest BCUT2D eigenvalue weighted by atomic mass is 16.5. The van der Waals surface area contributed by atoms with Gasteiger partial charge >= 0.3 is 5.97 Å². The molecular weight excluding hydrogens is 118 g/mol. The molecule has 0 radical (unpaired) electrons. The van der Waals surface area contributed by atoms with E-state index in [1.54, 1.807) is 6.07 Å². The van der Waals surface area contributed by atoms with Crippen LogP contribution in [0.25, 0.3) is 0 Å². The van der Waals surface area contributed by atoms with E-state index in [-0.39, 0.29) is 0 Å². The molecule has 3 nitrogen and oxygen atoms in total. The van der Waals surface area contributed by atoms with Crippen LogP contribution >= 0.6 is 0 Å². The van der Waals surface area contributed by atoms with Gasteiger partial charge in [-0.1, -0.05) is 0 Å². The minimum Gasteiger partial charge on any atom is -0.466 e. The molecule has 0 heterocycles. The zero-order valence-electron chi connectivity index (χ0n) is 5.34. The fraction of sp³-hybridized carbons (Fsp3) is 0.333. The second kappa shape index (κ2) is 3.67. The van der Waals surface area contributed by atoms with E-state index in [1.165, 1.54) is 14.0 Å². The number of methoxy groups -OCH3 is 1. The summed E-state index contributed by atoms with van der Waals surface area (Å²) in [6.07, 6.45) is 1.14. The van der Waals surface area contributed by atoms with Gasteiger partial charge in [0.1, 0.15) is 0 Å². The van der Waals surface area contributed by atoms with Crippen LogP contribution in [-0.4, -0.2) is 13.1 Å². The van der Waals surface area contributed by atoms with Crippen molar-refractivity contribution in [1.29, 1.82) is 5.26 Å². The van der Waals surface area contributed by atoms with Gasteiger partial charge in [0.15, 0.2) is 0 Å². The number of rotatable bonds is 1. The van der Waals surface area contributed by atoms with Crippen LogP contribution in [0.2, 0.25) is 0 Å². The maximum absolute atomic E-state index is 10.5. The molecule has 0 aromatic rings. The molecule has 48 valence electrons. The third-order valence-corrected chi connectivity index (χ3v) is 0.788. The first kappa shape index (κ1) is 7.70. The standard InChI is InChI=1S/C6H7NO2/c1-5(3-4-7)6(8)9-2/h3H,1-2H3/b5-3+. The number of hydrogen-bond acceptors (Lipinski definition) is 3. The second-order valence-electron chi connectivity index (χ2n) is 1.45. The SMILES string of the molecule is COC(=O)/C(C)=C/C#N. The highest BCUT2D eigenvalue weighted by Crippen LogP contribution is 1.92. The Bertz CT molecular complexity index is 176. The van der Waals surface area contributed by atoms with Crippen molar-refractivity contribution in [2.75, 3.05) is 7.11 Å². The third-order valence-electron chi connectivity index (χ3n) is 0.788. The lowest BCUT2D eigenvalue weighted by atomic mass is 10.3. The average molecular weight is 125 g/mol. The van der Waals surface area contributed by atoms with Gasteiger partial charge in [0.2, 0.25) is 0 Å². The molecule has 0 aliphatic rings. The molecule has 0 atom stereocenters. The van der Waals surface area contributed by atoms with E-state index in [0.717, 1.165) is 6.08 Å². The molecule has 0 aromatic heterocycles. The molecule has 9 heavy (non-hydrogen) atoms. The largest absolute Gasteiger partial charge is 0.466 e. The minimum atomic E-state index is -0.462. The fourth-order valence-corrected chi connectivity index (χ4v) is 0.317. The lowest BCUT2D eigenvalue weighted by Gasteiger charge is -1.92. The fourth-order valence-electron chi connectivity index (χ4n) is 0.317. The zero-order valence-corrected chi connectivity index (χ0v) is 5.34. The van der Waals surface area contributed by atoms with Crippen molar-refractivity contribution >= 4 is 5.97 Å².